The molecule has 0 aliphatic carbocycles. The number of allylic oxidation sites excluding steroid dienone is 2. The van der Waals surface area contributed by atoms with E-state index < -0.39 is 6.26 Å². The molecule has 2 unspecified atom stereocenters. The van der Waals surface area contributed by atoms with E-state index in [2.05, 4.69) is 50.1 Å². The lowest BCUT2D eigenvalue weighted by Crippen LogP contribution is -2.29. The van der Waals surface area contributed by atoms with E-state index in [0.29, 0.717) is 6.61 Å². The van der Waals surface area contributed by atoms with Crippen LogP contribution in [0.3, 0.4) is 0 Å². The maximum Gasteiger partial charge on any atom is 0.166 e. The molecule has 186 valence electrons. The van der Waals surface area contributed by atoms with E-state index in [1.54, 1.807) is 0 Å². The molecule has 0 amide bonds. The van der Waals surface area contributed by atoms with Gasteiger partial charge in [0.25, 0.3) is 0 Å². The fraction of sp³-hybridized carbons (Fsp3) is 0.357. The molecule has 3 aliphatic rings. The summed E-state index contributed by atoms with van der Waals surface area (Å²) in [4.78, 5) is 7.27. The van der Waals surface area contributed by atoms with Crippen molar-refractivity contribution >= 4 is 41.1 Å². The Labute approximate surface area is 217 Å². The predicted octanol–water partition coefficient (Wildman–Crippen LogP) is 5.75. The minimum absolute atomic E-state index is 0.0781. The van der Waals surface area contributed by atoms with Crippen LogP contribution in [0.2, 0.25) is 0 Å². The summed E-state index contributed by atoms with van der Waals surface area (Å²) in [6, 6.07) is 18.7. The Bertz CT molecular complexity index is 1440. The lowest BCUT2D eigenvalue weighted by atomic mass is 9.84. The smallest absolute Gasteiger partial charge is 0.166 e. The number of aromatic nitrogens is 2. The molecule has 2 aromatic carbocycles. The van der Waals surface area contributed by atoms with E-state index in [1.165, 1.54) is 11.3 Å². The van der Waals surface area contributed by atoms with Crippen molar-refractivity contribution in [2.75, 3.05) is 25.2 Å². The second-order valence-corrected chi connectivity index (χ2v) is 14.0. The summed E-state index contributed by atoms with van der Waals surface area (Å²) in [5.41, 5.74) is 5.22. The standard InChI is InChI=1S/C28H31N4O2PS/c1-19-25-27(32(30-19)20-11-6-5-7-12-20)29-17-24(35(25,36)34-18-21-13-10-16-33-21)26-28(2,3)22-14-8-9-15-23(22)31(26)4/h5-9,11-12,14-15,17,21H,10,13,16,18H2,1-4H3/b26-24+. The largest absolute Gasteiger partial charge is 0.376 e. The van der Waals surface area contributed by atoms with Crippen molar-refractivity contribution in [1.82, 2.24) is 9.78 Å². The van der Waals surface area contributed by atoms with Gasteiger partial charge in [-0.1, -0.05) is 62.1 Å². The maximum atomic E-state index is 6.85. The molecule has 0 N–H and O–H groups in total. The normalized spacial score (nSPS) is 26.3. The van der Waals surface area contributed by atoms with Crippen LogP contribution in [0.5, 0.6) is 0 Å². The van der Waals surface area contributed by atoms with Gasteiger partial charge >= 0.3 is 0 Å². The van der Waals surface area contributed by atoms with Gasteiger partial charge in [0.15, 0.2) is 5.82 Å². The molecule has 1 saturated heterocycles. The third-order valence-electron chi connectivity index (χ3n) is 7.50. The zero-order chi connectivity index (χ0) is 25.1. The highest BCUT2D eigenvalue weighted by Gasteiger charge is 2.46. The number of nitrogens with zero attached hydrogens (tertiary/aromatic N) is 4. The highest BCUT2D eigenvalue weighted by Crippen LogP contribution is 2.63. The van der Waals surface area contributed by atoms with Crippen molar-refractivity contribution in [1.29, 1.82) is 0 Å². The van der Waals surface area contributed by atoms with Crippen LogP contribution in [-0.4, -0.2) is 42.4 Å². The van der Waals surface area contributed by atoms with E-state index in [0.717, 1.165) is 53.0 Å². The van der Waals surface area contributed by atoms with Gasteiger partial charge in [0.05, 0.1) is 34.7 Å². The average molecular weight is 519 g/mol. The van der Waals surface area contributed by atoms with Crippen LogP contribution in [-0.2, 0) is 26.5 Å². The molecule has 8 heteroatoms. The number of aliphatic imine (C=N–C) groups is 1. The minimum atomic E-state index is -2.74. The first-order valence-electron chi connectivity index (χ1n) is 12.5. The fourth-order valence-electron chi connectivity index (χ4n) is 5.79. The Morgan fingerprint density at radius 3 is 2.61 bits per heavy atom. The number of ether oxygens (including phenoxy) is 1. The Hall–Kier alpha value is -2.57. The van der Waals surface area contributed by atoms with Crippen LogP contribution in [0.4, 0.5) is 11.5 Å². The maximum absolute atomic E-state index is 6.85. The molecule has 0 saturated carbocycles. The first kappa shape index (κ1) is 23.8. The molecule has 1 fully saturated rings. The molecule has 0 bridgehead atoms. The predicted molar refractivity (Wildman–Crippen MR) is 150 cm³/mol. The van der Waals surface area contributed by atoms with Gasteiger partial charge in [0.1, 0.15) is 6.26 Å². The van der Waals surface area contributed by atoms with Gasteiger partial charge in [-0.25, -0.2) is 9.67 Å². The van der Waals surface area contributed by atoms with Crippen LogP contribution in [0.15, 0.2) is 70.6 Å². The third kappa shape index (κ3) is 3.56. The second-order valence-electron chi connectivity index (χ2n) is 10.2. The Kier molecular flexibility index (Phi) is 5.80. The van der Waals surface area contributed by atoms with Crippen LogP contribution in [0.25, 0.3) is 5.69 Å². The molecular weight excluding hydrogens is 487 g/mol. The third-order valence-corrected chi connectivity index (χ3v) is 11.5. The monoisotopic (exact) mass is 518 g/mol. The van der Waals surface area contributed by atoms with E-state index in [1.807, 2.05) is 48.2 Å². The molecule has 36 heavy (non-hydrogen) atoms. The van der Waals surface area contributed by atoms with Gasteiger partial charge in [-0.15, -0.1) is 0 Å². The number of aryl methyl sites for hydroxylation is 1. The van der Waals surface area contributed by atoms with Gasteiger partial charge in [-0.3, -0.25) is 0 Å². The van der Waals surface area contributed by atoms with Crippen molar-refractivity contribution in [3.8, 4) is 5.69 Å². The Balaban J connectivity index is 1.56. The molecule has 0 radical (unpaired) electrons. The van der Waals surface area contributed by atoms with Crippen LogP contribution >= 0.6 is 6.26 Å². The molecule has 0 spiro atoms. The Morgan fingerprint density at radius 1 is 1.14 bits per heavy atom. The number of hydrogen-bond donors (Lipinski definition) is 0. The molecule has 2 atom stereocenters. The second kappa shape index (κ2) is 8.77. The zero-order valence-electron chi connectivity index (χ0n) is 21.1. The highest BCUT2D eigenvalue weighted by molar-refractivity contribution is 8.18. The van der Waals surface area contributed by atoms with Gasteiger partial charge in [-0.2, -0.15) is 5.10 Å². The molecule has 3 aliphatic heterocycles. The number of para-hydroxylation sites is 2. The first-order valence-corrected chi connectivity index (χ1v) is 15.2. The lowest BCUT2D eigenvalue weighted by Gasteiger charge is -2.34. The average Bonchev–Trinajstić information content (AvgIpc) is 3.57. The van der Waals surface area contributed by atoms with Gasteiger partial charge in [-0.05, 0) is 43.5 Å². The van der Waals surface area contributed by atoms with Crippen LogP contribution < -0.4 is 10.2 Å². The number of rotatable bonds is 4. The molecule has 3 aromatic rings. The van der Waals surface area contributed by atoms with Crippen molar-refractivity contribution in [2.24, 2.45) is 4.99 Å². The van der Waals surface area contributed by atoms with E-state index >= 15 is 0 Å². The molecule has 6 nitrogen and oxygen atoms in total. The van der Waals surface area contributed by atoms with Crippen molar-refractivity contribution in [3.63, 3.8) is 0 Å². The van der Waals surface area contributed by atoms with Crippen LogP contribution in [0, 0.1) is 6.92 Å². The summed E-state index contributed by atoms with van der Waals surface area (Å²) >= 11 is 6.62. The van der Waals surface area contributed by atoms with Gasteiger partial charge in [0, 0.05) is 36.7 Å². The van der Waals surface area contributed by atoms with Crippen molar-refractivity contribution in [2.45, 2.75) is 45.1 Å². The van der Waals surface area contributed by atoms with E-state index in [-0.39, 0.29) is 11.5 Å². The van der Waals surface area contributed by atoms with E-state index in [9.17, 15) is 0 Å². The fourth-order valence-corrected chi connectivity index (χ4v) is 9.70. The number of anilines is 1. The summed E-state index contributed by atoms with van der Waals surface area (Å²) in [7, 11) is 2.12. The number of fused-ring (bicyclic) bond motifs is 2. The highest BCUT2D eigenvalue weighted by atomic mass is 32.4. The first-order chi connectivity index (χ1) is 17.3. The lowest BCUT2D eigenvalue weighted by molar-refractivity contribution is 0.0728. The summed E-state index contributed by atoms with van der Waals surface area (Å²) in [6.07, 6.45) is 1.36. The summed E-state index contributed by atoms with van der Waals surface area (Å²) < 4.78 is 14.7. The Morgan fingerprint density at radius 2 is 1.89 bits per heavy atom. The quantitative estimate of drug-likeness (QED) is 0.412. The minimum Gasteiger partial charge on any atom is -0.376 e. The molecule has 4 heterocycles. The molecular formula is C28H31N4O2PS. The summed E-state index contributed by atoms with van der Waals surface area (Å²) in [5, 5.41) is 6.86. The number of benzene rings is 2. The number of likely N-dealkylation sites (N-methyl/N-ethyl adjacent to an activating group) is 1. The zero-order valence-corrected chi connectivity index (χ0v) is 22.9. The van der Waals surface area contributed by atoms with Crippen LogP contribution in [0.1, 0.15) is 37.9 Å². The van der Waals surface area contributed by atoms with Gasteiger partial charge in [0.2, 0.25) is 0 Å². The molecule has 1 aromatic heterocycles. The summed E-state index contributed by atoms with van der Waals surface area (Å²) in [5.74, 6) is 0.773. The van der Waals surface area contributed by atoms with Crippen molar-refractivity contribution in [3.05, 3.63) is 76.9 Å². The topological polar surface area (TPSA) is 51.9 Å². The SMILES string of the molecule is Cc1nn(-c2ccccc2)c2c1P(=S)(OCC1CCCO1)/C(=C1/N(C)c3ccccc3C1(C)C)C=N2. The van der Waals surface area contributed by atoms with Gasteiger partial charge < -0.3 is 14.2 Å². The summed E-state index contributed by atoms with van der Waals surface area (Å²) in [6.45, 7) is 7.82. The number of hydrogen-bond acceptors (Lipinski definition) is 6. The van der Waals surface area contributed by atoms with Crippen molar-refractivity contribution < 1.29 is 9.26 Å². The molecule has 6 rings (SSSR count). The van der Waals surface area contributed by atoms with E-state index in [4.69, 9.17) is 31.2 Å².